The molecule has 3 rings (SSSR count). The summed E-state index contributed by atoms with van der Waals surface area (Å²) in [5.41, 5.74) is 1.43. The van der Waals surface area contributed by atoms with Crippen molar-refractivity contribution in [3.63, 3.8) is 0 Å². The Bertz CT molecular complexity index is 1040. The third kappa shape index (κ3) is 6.05. The predicted octanol–water partition coefficient (Wildman–Crippen LogP) is 3.55. The van der Waals surface area contributed by atoms with E-state index in [1.165, 1.54) is 15.9 Å². The Morgan fingerprint density at radius 1 is 1.12 bits per heavy atom. The molecule has 1 N–H and O–H groups in total. The quantitative estimate of drug-likeness (QED) is 0.677. The topological polar surface area (TPSA) is 84.9 Å². The molecule has 1 aliphatic heterocycles. The highest BCUT2D eigenvalue weighted by Gasteiger charge is 2.29. The van der Waals surface area contributed by atoms with E-state index in [0.717, 1.165) is 12.1 Å². The van der Waals surface area contributed by atoms with Crippen molar-refractivity contribution in [3.05, 3.63) is 53.8 Å². The number of benzene rings is 2. The lowest BCUT2D eigenvalue weighted by Gasteiger charge is -2.26. The van der Waals surface area contributed by atoms with Crippen LogP contribution >= 0.6 is 0 Å². The van der Waals surface area contributed by atoms with Crippen molar-refractivity contribution in [2.24, 2.45) is 0 Å². The minimum atomic E-state index is -4.02. The van der Waals surface area contributed by atoms with E-state index in [1.54, 1.807) is 0 Å². The van der Waals surface area contributed by atoms with Gasteiger partial charge in [0.2, 0.25) is 15.9 Å². The molecule has 1 fully saturated rings. The molecule has 1 saturated heterocycles. The van der Waals surface area contributed by atoms with E-state index in [9.17, 15) is 17.6 Å². The number of nitrogens with one attached hydrogen (secondary N) is 1. The number of sulfonamides is 1. The first kappa shape index (κ1) is 24.2. The third-order valence-electron chi connectivity index (χ3n) is 5.12. The van der Waals surface area contributed by atoms with Crippen LogP contribution in [-0.2, 0) is 25.0 Å². The SMILES string of the molecule is CC(C)(C)c1ccc(OCCC(=O)Nc2ccc(F)c(S(=O)(=O)N3CCOCC3)c2)cc1. The van der Waals surface area contributed by atoms with Gasteiger partial charge in [-0.05, 0) is 41.3 Å². The number of carbonyl (C=O) groups is 1. The number of anilines is 1. The highest BCUT2D eigenvalue weighted by Crippen LogP contribution is 2.25. The van der Waals surface area contributed by atoms with E-state index in [4.69, 9.17) is 9.47 Å². The molecule has 32 heavy (non-hydrogen) atoms. The van der Waals surface area contributed by atoms with Crippen LogP contribution in [0.1, 0.15) is 32.8 Å². The molecule has 0 aromatic heterocycles. The van der Waals surface area contributed by atoms with Crippen LogP contribution in [0.25, 0.3) is 0 Å². The van der Waals surface area contributed by atoms with Gasteiger partial charge < -0.3 is 14.8 Å². The van der Waals surface area contributed by atoms with Crippen LogP contribution in [-0.4, -0.2) is 51.5 Å². The number of rotatable bonds is 7. The molecule has 1 heterocycles. The number of hydrogen-bond acceptors (Lipinski definition) is 5. The minimum absolute atomic E-state index is 0.0433. The average molecular weight is 465 g/mol. The van der Waals surface area contributed by atoms with E-state index in [1.807, 2.05) is 24.3 Å². The third-order valence-corrected chi connectivity index (χ3v) is 7.03. The number of ether oxygens (including phenoxy) is 2. The standard InChI is InChI=1S/C23H29FN2O5S/c1-23(2,3)17-4-7-19(8-5-17)31-13-10-22(27)25-18-6-9-20(24)21(16-18)32(28,29)26-11-14-30-15-12-26/h4-9,16H,10-15H2,1-3H3,(H,25,27). The summed E-state index contributed by atoms with van der Waals surface area (Å²) >= 11 is 0. The molecular formula is C23H29FN2O5S. The molecule has 0 aliphatic carbocycles. The fourth-order valence-corrected chi connectivity index (χ4v) is 4.74. The first-order valence-corrected chi connectivity index (χ1v) is 11.9. The molecular weight excluding hydrogens is 435 g/mol. The zero-order valence-electron chi connectivity index (χ0n) is 18.6. The summed E-state index contributed by atoms with van der Waals surface area (Å²) in [6.07, 6.45) is 0.0595. The Kier molecular flexibility index (Phi) is 7.53. The Hall–Kier alpha value is -2.49. The minimum Gasteiger partial charge on any atom is -0.493 e. The second-order valence-electron chi connectivity index (χ2n) is 8.58. The van der Waals surface area contributed by atoms with E-state index >= 15 is 0 Å². The molecule has 0 unspecified atom stereocenters. The van der Waals surface area contributed by atoms with Gasteiger partial charge in [-0.15, -0.1) is 0 Å². The molecule has 0 saturated carbocycles. The lowest BCUT2D eigenvalue weighted by molar-refractivity contribution is -0.116. The Balaban J connectivity index is 1.58. The van der Waals surface area contributed by atoms with Gasteiger partial charge >= 0.3 is 0 Å². The molecule has 7 nitrogen and oxygen atoms in total. The van der Waals surface area contributed by atoms with Crippen molar-refractivity contribution in [3.8, 4) is 5.75 Å². The first-order chi connectivity index (χ1) is 15.1. The van der Waals surface area contributed by atoms with Gasteiger partial charge in [-0.2, -0.15) is 4.31 Å². The molecule has 0 spiro atoms. The molecule has 9 heteroatoms. The predicted molar refractivity (Wildman–Crippen MR) is 120 cm³/mol. The maximum atomic E-state index is 14.3. The van der Waals surface area contributed by atoms with Gasteiger partial charge in [0, 0.05) is 18.8 Å². The van der Waals surface area contributed by atoms with Gasteiger partial charge in [-0.3, -0.25) is 4.79 Å². The number of nitrogens with zero attached hydrogens (tertiary/aromatic N) is 1. The summed E-state index contributed by atoms with van der Waals surface area (Å²) in [5.74, 6) is -0.569. The highest BCUT2D eigenvalue weighted by atomic mass is 32.2. The summed E-state index contributed by atoms with van der Waals surface area (Å²) in [4.78, 5) is 11.8. The molecule has 0 radical (unpaired) electrons. The number of halogens is 1. The van der Waals surface area contributed by atoms with Crippen molar-refractivity contribution in [1.29, 1.82) is 0 Å². The maximum absolute atomic E-state index is 14.3. The first-order valence-electron chi connectivity index (χ1n) is 10.5. The molecule has 174 valence electrons. The summed E-state index contributed by atoms with van der Waals surface area (Å²) < 4.78 is 51.8. The Morgan fingerprint density at radius 2 is 1.78 bits per heavy atom. The maximum Gasteiger partial charge on any atom is 0.246 e. The summed E-state index contributed by atoms with van der Waals surface area (Å²) in [7, 11) is -4.02. The van der Waals surface area contributed by atoms with Crippen LogP contribution in [0.5, 0.6) is 5.75 Å². The van der Waals surface area contributed by atoms with Crippen LogP contribution < -0.4 is 10.1 Å². The fraction of sp³-hybridized carbons (Fsp3) is 0.435. The van der Waals surface area contributed by atoms with E-state index in [2.05, 4.69) is 26.1 Å². The second kappa shape index (κ2) is 9.97. The van der Waals surface area contributed by atoms with Crippen molar-refractivity contribution in [2.75, 3.05) is 38.2 Å². The fourth-order valence-electron chi connectivity index (χ4n) is 3.24. The zero-order chi connectivity index (χ0) is 23.4. The molecule has 1 amide bonds. The summed E-state index contributed by atoms with van der Waals surface area (Å²) in [6, 6.07) is 11.2. The Morgan fingerprint density at radius 3 is 2.41 bits per heavy atom. The Labute approximate surface area is 188 Å². The molecule has 2 aromatic carbocycles. The monoisotopic (exact) mass is 464 g/mol. The molecule has 0 atom stereocenters. The van der Waals surface area contributed by atoms with Gasteiger partial charge in [-0.25, -0.2) is 12.8 Å². The number of amides is 1. The second-order valence-corrected chi connectivity index (χ2v) is 10.5. The van der Waals surface area contributed by atoms with Crippen molar-refractivity contribution < 1.29 is 27.1 Å². The summed E-state index contributed by atoms with van der Waals surface area (Å²) in [5, 5.41) is 2.61. The summed E-state index contributed by atoms with van der Waals surface area (Å²) in [6.45, 7) is 7.37. The number of hydrogen-bond donors (Lipinski definition) is 1. The van der Waals surface area contributed by atoms with Crippen molar-refractivity contribution >= 4 is 21.6 Å². The van der Waals surface area contributed by atoms with Crippen LogP contribution in [0.4, 0.5) is 10.1 Å². The molecule has 0 bridgehead atoms. The normalized spacial score (nSPS) is 15.4. The van der Waals surface area contributed by atoms with Gasteiger partial charge in [-0.1, -0.05) is 32.9 Å². The number of carbonyl (C=O) groups excluding carboxylic acids is 1. The van der Waals surface area contributed by atoms with Crippen LogP contribution in [0.2, 0.25) is 0 Å². The van der Waals surface area contributed by atoms with Gasteiger partial charge in [0.25, 0.3) is 0 Å². The highest BCUT2D eigenvalue weighted by molar-refractivity contribution is 7.89. The smallest absolute Gasteiger partial charge is 0.246 e. The zero-order valence-corrected chi connectivity index (χ0v) is 19.4. The van der Waals surface area contributed by atoms with Gasteiger partial charge in [0.1, 0.15) is 16.5 Å². The lowest BCUT2D eigenvalue weighted by atomic mass is 9.87. The van der Waals surface area contributed by atoms with E-state index in [-0.39, 0.29) is 56.3 Å². The van der Waals surface area contributed by atoms with E-state index < -0.39 is 20.7 Å². The van der Waals surface area contributed by atoms with Crippen molar-refractivity contribution in [2.45, 2.75) is 37.5 Å². The molecule has 2 aromatic rings. The van der Waals surface area contributed by atoms with Gasteiger partial charge in [0.05, 0.1) is 26.2 Å². The van der Waals surface area contributed by atoms with Crippen LogP contribution in [0.15, 0.2) is 47.4 Å². The molecule has 1 aliphatic rings. The largest absolute Gasteiger partial charge is 0.493 e. The number of morpholine rings is 1. The average Bonchev–Trinajstić information content (AvgIpc) is 2.75. The van der Waals surface area contributed by atoms with E-state index in [0.29, 0.717) is 5.75 Å². The van der Waals surface area contributed by atoms with Crippen molar-refractivity contribution in [1.82, 2.24) is 4.31 Å². The van der Waals surface area contributed by atoms with Crippen LogP contribution in [0, 0.1) is 5.82 Å². The van der Waals surface area contributed by atoms with Crippen LogP contribution in [0.3, 0.4) is 0 Å². The van der Waals surface area contributed by atoms with Gasteiger partial charge in [0.15, 0.2) is 0 Å². The lowest BCUT2D eigenvalue weighted by Crippen LogP contribution is -2.40.